The van der Waals surface area contributed by atoms with Gasteiger partial charge in [-0.25, -0.2) is 9.97 Å². The Bertz CT molecular complexity index is 339. The summed E-state index contributed by atoms with van der Waals surface area (Å²) in [7, 11) is 1.88. The number of hydrogen-bond acceptors (Lipinski definition) is 4. The van der Waals surface area contributed by atoms with Crippen molar-refractivity contribution in [1.29, 1.82) is 0 Å². The first kappa shape index (κ1) is 11.1. The first-order valence-electron chi connectivity index (χ1n) is 5.10. The number of aromatic nitrogens is 2. The number of rotatable bonds is 3. The number of nitrogens with zero attached hydrogens (tertiary/aromatic N) is 2. The fraction of sp³-hybridized carbons (Fsp3) is 0.600. The lowest BCUT2D eigenvalue weighted by Gasteiger charge is -2.09. The number of nitrogens with one attached hydrogen (secondary N) is 1. The first-order chi connectivity index (χ1) is 7.29. The second-order valence-electron chi connectivity index (χ2n) is 3.57. The Morgan fingerprint density at radius 2 is 2.53 bits per heavy atom. The van der Waals surface area contributed by atoms with Crippen LogP contribution in [-0.2, 0) is 11.2 Å². The predicted molar refractivity (Wildman–Crippen MR) is 67.0 cm³/mol. The monoisotopic (exact) mass is 319 g/mol. The van der Waals surface area contributed by atoms with E-state index in [4.69, 9.17) is 4.74 Å². The van der Waals surface area contributed by atoms with E-state index in [0.29, 0.717) is 6.10 Å². The van der Waals surface area contributed by atoms with Gasteiger partial charge in [0.15, 0.2) is 0 Å². The van der Waals surface area contributed by atoms with Crippen LogP contribution >= 0.6 is 22.6 Å². The zero-order chi connectivity index (χ0) is 10.7. The van der Waals surface area contributed by atoms with Crippen LogP contribution in [0, 0.1) is 3.57 Å². The highest BCUT2D eigenvalue weighted by Crippen LogP contribution is 2.18. The van der Waals surface area contributed by atoms with Crippen molar-refractivity contribution in [2.24, 2.45) is 0 Å². The molecule has 1 aliphatic heterocycles. The van der Waals surface area contributed by atoms with E-state index in [9.17, 15) is 0 Å². The third kappa shape index (κ3) is 2.78. The minimum atomic E-state index is 0.315. The van der Waals surface area contributed by atoms with Crippen LogP contribution in [0.1, 0.15) is 18.7 Å². The molecule has 15 heavy (non-hydrogen) atoms. The molecule has 0 spiro atoms. The van der Waals surface area contributed by atoms with Gasteiger partial charge in [-0.2, -0.15) is 0 Å². The number of hydrogen-bond donors (Lipinski definition) is 1. The molecular formula is C10H14IN3O. The molecule has 1 atom stereocenters. The highest BCUT2D eigenvalue weighted by atomic mass is 127. The molecule has 1 aliphatic rings. The van der Waals surface area contributed by atoms with Gasteiger partial charge in [0.2, 0.25) is 0 Å². The van der Waals surface area contributed by atoms with E-state index >= 15 is 0 Å². The Hall–Kier alpha value is -0.430. The lowest BCUT2D eigenvalue weighted by Crippen LogP contribution is -2.12. The number of halogens is 1. The van der Waals surface area contributed by atoms with Gasteiger partial charge in [-0.3, -0.25) is 0 Å². The Balaban J connectivity index is 2.07. The Kier molecular flexibility index (Phi) is 3.74. The lowest BCUT2D eigenvalue weighted by molar-refractivity contribution is 0.110. The zero-order valence-electron chi connectivity index (χ0n) is 8.66. The molecule has 0 saturated carbocycles. The van der Waals surface area contributed by atoms with Gasteiger partial charge < -0.3 is 10.1 Å². The van der Waals surface area contributed by atoms with Crippen LogP contribution in [0.2, 0.25) is 0 Å². The highest BCUT2D eigenvalue weighted by molar-refractivity contribution is 14.1. The Morgan fingerprint density at radius 1 is 1.67 bits per heavy atom. The quantitative estimate of drug-likeness (QED) is 0.864. The smallest absolute Gasteiger partial charge is 0.142 e. The summed E-state index contributed by atoms with van der Waals surface area (Å²) in [4.78, 5) is 8.76. The molecule has 0 aromatic carbocycles. The molecule has 1 aromatic heterocycles. The van der Waals surface area contributed by atoms with Gasteiger partial charge in [-0.15, -0.1) is 0 Å². The van der Waals surface area contributed by atoms with Crippen LogP contribution in [0.3, 0.4) is 0 Å². The van der Waals surface area contributed by atoms with Gasteiger partial charge in [-0.05, 0) is 35.4 Å². The fourth-order valence-corrected chi connectivity index (χ4v) is 2.22. The van der Waals surface area contributed by atoms with Crippen LogP contribution in [0.15, 0.2) is 6.20 Å². The zero-order valence-corrected chi connectivity index (χ0v) is 10.8. The summed E-state index contributed by atoms with van der Waals surface area (Å²) in [5, 5.41) is 3.06. The van der Waals surface area contributed by atoms with E-state index < -0.39 is 0 Å². The molecule has 1 unspecified atom stereocenters. The van der Waals surface area contributed by atoms with Crippen LogP contribution in [-0.4, -0.2) is 29.7 Å². The summed E-state index contributed by atoms with van der Waals surface area (Å²) in [6, 6.07) is 0. The van der Waals surface area contributed by atoms with E-state index in [1.807, 2.05) is 13.2 Å². The van der Waals surface area contributed by atoms with E-state index in [1.54, 1.807) is 0 Å². The van der Waals surface area contributed by atoms with Crippen molar-refractivity contribution < 1.29 is 4.74 Å². The minimum Gasteiger partial charge on any atom is -0.378 e. The van der Waals surface area contributed by atoms with Gasteiger partial charge in [0.05, 0.1) is 9.67 Å². The maximum absolute atomic E-state index is 5.56. The summed E-state index contributed by atoms with van der Waals surface area (Å²) in [5.41, 5.74) is 0. The van der Waals surface area contributed by atoms with E-state index in [0.717, 1.165) is 41.1 Å². The molecule has 5 heteroatoms. The van der Waals surface area contributed by atoms with Gasteiger partial charge in [0.25, 0.3) is 0 Å². The van der Waals surface area contributed by atoms with Crippen molar-refractivity contribution in [2.75, 3.05) is 19.0 Å². The predicted octanol–water partition coefficient (Wildman–Crippen LogP) is 1.84. The van der Waals surface area contributed by atoms with Crippen molar-refractivity contribution >= 4 is 28.4 Å². The molecule has 82 valence electrons. The summed E-state index contributed by atoms with van der Waals surface area (Å²) in [6.45, 7) is 0.883. The Labute approximate surface area is 103 Å². The van der Waals surface area contributed by atoms with E-state index in [2.05, 4.69) is 37.9 Å². The van der Waals surface area contributed by atoms with Crippen molar-refractivity contribution in [2.45, 2.75) is 25.4 Å². The number of ether oxygens (including phenoxy) is 1. The normalized spacial score (nSPS) is 20.5. The molecule has 0 aliphatic carbocycles. The average Bonchev–Trinajstić information content (AvgIpc) is 2.73. The molecule has 1 saturated heterocycles. The van der Waals surface area contributed by atoms with Gasteiger partial charge in [0.1, 0.15) is 11.6 Å². The third-order valence-corrected chi connectivity index (χ3v) is 3.25. The van der Waals surface area contributed by atoms with Crippen molar-refractivity contribution in [1.82, 2.24) is 9.97 Å². The van der Waals surface area contributed by atoms with Crippen LogP contribution in [0.25, 0.3) is 0 Å². The van der Waals surface area contributed by atoms with Crippen molar-refractivity contribution in [3.8, 4) is 0 Å². The first-order valence-corrected chi connectivity index (χ1v) is 6.18. The molecule has 1 aromatic rings. The highest BCUT2D eigenvalue weighted by Gasteiger charge is 2.17. The second kappa shape index (κ2) is 5.07. The van der Waals surface area contributed by atoms with Crippen LogP contribution in [0.5, 0.6) is 0 Å². The molecule has 1 N–H and O–H groups in total. The summed E-state index contributed by atoms with van der Waals surface area (Å²) in [5.74, 6) is 1.77. The molecule has 0 amide bonds. The van der Waals surface area contributed by atoms with E-state index in [-0.39, 0.29) is 0 Å². The van der Waals surface area contributed by atoms with Crippen LogP contribution in [0.4, 0.5) is 5.82 Å². The van der Waals surface area contributed by atoms with Crippen LogP contribution < -0.4 is 5.32 Å². The molecule has 2 rings (SSSR count). The summed E-state index contributed by atoms with van der Waals surface area (Å²) < 4.78 is 6.61. The maximum atomic E-state index is 5.56. The maximum Gasteiger partial charge on any atom is 0.142 e. The van der Waals surface area contributed by atoms with Gasteiger partial charge in [0, 0.05) is 26.3 Å². The largest absolute Gasteiger partial charge is 0.378 e. The SMILES string of the molecule is CNc1nc(CC2CCCO2)ncc1I. The number of anilines is 1. The van der Waals surface area contributed by atoms with Crippen molar-refractivity contribution in [3.63, 3.8) is 0 Å². The third-order valence-electron chi connectivity index (χ3n) is 2.47. The molecule has 4 nitrogen and oxygen atoms in total. The topological polar surface area (TPSA) is 47.0 Å². The Morgan fingerprint density at radius 3 is 3.20 bits per heavy atom. The summed E-state index contributed by atoms with van der Waals surface area (Å²) >= 11 is 2.22. The molecule has 0 radical (unpaired) electrons. The standard InChI is InChI=1S/C10H14IN3O/c1-12-10-8(11)6-13-9(14-10)5-7-3-2-4-15-7/h6-7H,2-5H2,1H3,(H,12,13,14). The lowest BCUT2D eigenvalue weighted by atomic mass is 10.2. The molecule has 2 heterocycles. The molecule has 0 bridgehead atoms. The molecule has 1 fully saturated rings. The summed E-state index contributed by atoms with van der Waals surface area (Å²) in [6.07, 6.45) is 5.28. The minimum absolute atomic E-state index is 0.315. The fourth-order valence-electron chi connectivity index (χ4n) is 1.69. The van der Waals surface area contributed by atoms with Gasteiger partial charge in [-0.1, -0.05) is 0 Å². The second-order valence-corrected chi connectivity index (χ2v) is 4.73. The molecular weight excluding hydrogens is 305 g/mol. The average molecular weight is 319 g/mol. The van der Waals surface area contributed by atoms with E-state index in [1.165, 1.54) is 0 Å². The van der Waals surface area contributed by atoms with Gasteiger partial charge >= 0.3 is 0 Å². The van der Waals surface area contributed by atoms with Crippen molar-refractivity contribution in [3.05, 3.63) is 15.6 Å².